The number of nitrogens with zero attached hydrogens (tertiary/aromatic N) is 2. The zero-order valence-corrected chi connectivity index (χ0v) is 13.4. The Morgan fingerprint density at radius 1 is 1.32 bits per heavy atom. The molecular formula is C16H18FN3OS. The van der Waals surface area contributed by atoms with Crippen molar-refractivity contribution in [3.05, 3.63) is 57.6 Å². The standard InChI is InChI=1S/C16H18FN3OS/c1-10-8-20-15(11(2)19-16(20)22-10)7-18-6-12-3-4-14(17)13(5-12)9-21/h3-5,8,18,21H,6-7,9H2,1-2H3. The third kappa shape index (κ3) is 2.90. The number of hydrogen-bond donors (Lipinski definition) is 2. The molecule has 6 heteroatoms. The first-order chi connectivity index (χ1) is 10.6. The van der Waals surface area contributed by atoms with Crippen molar-refractivity contribution in [2.24, 2.45) is 0 Å². The summed E-state index contributed by atoms with van der Waals surface area (Å²) in [5, 5.41) is 12.5. The number of aromatic nitrogens is 2. The smallest absolute Gasteiger partial charge is 0.194 e. The minimum atomic E-state index is -0.367. The van der Waals surface area contributed by atoms with Crippen LogP contribution in [0.25, 0.3) is 4.96 Å². The molecule has 0 amide bonds. The molecule has 0 saturated carbocycles. The monoisotopic (exact) mass is 319 g/mol. The molecule has 2 aromatic heterocycles. The Kier molecular flexibility index (Phi) is 4.24. The van der Waals surface area contributed by atoms with Gasteiger partial charge >= 0.3 is 0 Å². The van der Waals surface area contributed by atoms with Gasteiger partial charge in [-0.3, -0.25) is 4.40 Å². The van der Waals surface area contributed by atoms with E-state index in [1.54, 1.807) is 23.5 Å². The molecule has 3 rings (SSSR count). The number of aliphatic hydroxyl groups excluding tert-OH is 1. The van der Waals surface area contributed by atoms with Crippen LogP contribution < -0.4 is 5.32 Å². The molecule has 1 aromatic carbocycles. The zero-order valence-electron chi connectivity index (χ0n) is 12.6. The first-order valence-corrected chi connectivity index (χ1v) is 7.93. The van der Waals surface area contributed by atoms with Crippen LogP contribution in [0.1, 0.15) is 27.4 Å². The first-order valence-electron chi connectivity index (χ1n) is 7.11. The minimum Gasteiger partial charge on any atom is -0.392 e. The number of fused-ring (bicyclic) bond motifs is 1. The van der Waals surface area contributed by atoms with Gasteiger partial charge in [0.25, 0.3) is 0 Å². The van der Waals surface area contributed by atoms with Crippen LogP contribution in [0.2, 0.25) is 0 Å². The third-order valence-corrected chi connectivity index (χ3v) is 4.54. The van der Waals surface area contributed by atoms with Crippen molar-refractivity contribution < 1.29 is 9.50 Å². The largest absolute Gasteiger partial charge is 0.392 e. The third-order valence-electron chi connectivity index (χ3n) is 3.64. The van der Waals surface area contributed by atoms with Crippen LogP contribution >= 0.6 is 11.3 Å². The maximum atomic E-state index is 13.4. The molecule has 0 bridgehead atoms. The van der Waals surface area contributed by atoms with Gasteiger partial charge in [-0.1, -0.05) is 6.07 Å². The number of aliphatic hydroxyl groups is 1. The molecule has 3 aromatic rings. The first kappa shape index (κ1) is 15.1. The van der Waals surface area contributed by atoms with E-state index in [-0.39, 0.29) is 12.4 Å². The number of aryl methyl sites for hydroxylation is 2. The predicted molar refractivity (Wildman–Crippen MR) is 85.4 cm³/mol. The lowest BCUT2D eigenvalue weighted by Gasteiger charge is -2.07. The van der Waals surface area contributed by atoms with Gasteiger partial charge in [-0.25, -0.2) is 9.37 Å². The van der Waals surface area contributed by atoms with E-state index in [9.17, 15) is 4.39 Å². The fourth-order valence-electron chi connectivity index (χ4n) is 2.51. The predicted octanol–water partition coefficient (Wildman–Crippen LogP) is 2.93. The topological polar surface area (TPSA) is 49.6 Å². The molecule has 0 unspecified atom stereocenters. The van der Waals surface area contributed by atoms with Crippen molar-refractivity contribution in [3.8, 4) is 0 Å². The maximum absolute atomic E-state index is 13.4. The molecule has 0 fully saturated rings. The Morgan fingerprint density at radius 2 is 2.14 bits per heavy atom. The second kappa shape index (κ2) is 6.16. The lowest BCUT2D eigenvalue weighted by atomic mass is 10.1. The van der Waals surface area contributed by atoms with E-state index in [0.717, 1.165) is 21.9 Å². The normalized spacial score (nSPS) is 11.5. The fourth-order valence-corrected chi connectivity index (χ4v) is 3.40. The van der Waals surface area contributed by atoms with Gasteiger partial charge in [-0.05, 0) is 31.5 Å². The molecule has 4 nitrogen and oxygen atoms in total. The number of rotatable bonds is 5. The van der Waals surface area contributed by atoms with Crippen molar-refractivity contribution in [3.63, 3.8) is 0 Å². The molecule has 22 heavy (non-hydrogen) atoms. The van der Waals surface area contributed by atoms with E-state index in [1.807, 2.05) is 6.92 Å². The molecule has 0 saturated heterocycles. The summed E-state index contributed by atoms with van der Waals surface area (Å²) in [6, 6.07) is 4.82. The number of imidazole rings is 1. The summed E-state index contributed by atoms with van der Waals surface area (Å²) in [5.41, 5.74) is 3.44. The van der Waals surface area contributed by atoms with Crippen molar-refractivity contribution in [2.45, 2.75) is 33.5 Å². The highest BCUT2D eigenvalue weighted by atomic mass is 32.1. The van der Waals surface area contributed by atoms with E-state index in [1.165, 1.54) is 10.9 Å². The van der Waals surface area contributed by atoms with Gasteiger partial charge in [0.1, 0.15) is 5.82 Å². The molecule has 0 aliphatic rings. The highest BCUT2D eigenvalue weighted by molar-refractivity contribution is 7.17. The SMILES string of the molecule is Cc1cn2c(CNCc3ccc(F)c(CO)c3)c(C)nc2s1. The Balaban J connectivity index is 1.70. The summed E-state index contributed by atoms with van der Waals surface area (Å²) in [5.74, 6) is -0.367. The molecule has 2 heterocycles. The van der Waals surface area contributed by atoms with Crippen LogP contribution in [0.5, 0.6) is 0 Å². The quantitative estimate of drug-likeness (QED) is 0.760. The average molecular weight is 319 g/mol. The van der Waals surface area contributed by atoms with Crippen molar-refractivity contribution >= 4 is 16.3 Å². The highest BCUT2D eigenvalue weighted by Gasteiger charge is 2.10. The van der Waals surface area contributed by atoms with E-state index in [2.05, 4.69) is 27.8 Å². The molecule has 0 aliphatic heterocycles. The van der Waals surface area contributed by atoms with Gasteiger partial charge in [0.2, 0.25) is 0 Å². The van der Waals surface area contributed by atoms with Crippen LogP contribution in [-0.2, 0) is 19.7 Å². The van der Waals surface area contributed by atoms with Crippen molar-refractivity contribution in [1.29, 1.82) is 0 Å². The lowest BCUT2D eigenvalue weighted by Crippen LogP contribution is -2.15. The Labute approximate surface area is 132 Å². The summed E-state index contributed by atoms with van der Waals surface area (Å²) in [6.45, 7) is 5.10. The number of nitrogens with one attached hydrogen (secondary N) is 1. The van der Waals surface area contributed by atoms with E-state index < -0.39 is 0 Å². The van der Waals surface area contributed by atoms with E-state index in [0.29, 0.717) is 18.7 Å². The summed E-state index contributed by atoms with van der Waals surface area (Å²) in [6.07, 6.45) is 2.10. The molecule has 0 radical (unpaired) electrons. The summed E-state index contributed by atoms with van der Waals surface area (Å²) in [4.78, 5) is 6.80. The van der Waals surface area contributed by atoms with E-state index >= 15 is 0 Å². The van der Waals surface area contributed by atoms with Gasteiger partial charge in [-0.15, -0.1) is 11.3 Å². The van der Waals surface area contributed by atoms with Gasteiger partial charge in [0.15, 0.2) is 4.96 Å². The van der Waals surface area contributed by atoms with Gasteiger partial charge in [0.05, 0.1) is 18.0 Å². The Bertz CT molecular complexity index is 809. The minimum absolute atomic E-state index is 0.282. The van der Waals surface area contributed by atoms with Crippen LogP contribution in [0.4, 0.5) is 4.39 Å². The van der Waals surface area contributed by atoms with Gasteiger partial charge < -0.3 is 10.4 Å². The Hall–Kier alpha value is -1.76. The van der Waals surface area contributed by atoms with Gasteiger partial charge in [0, 0.05) is 29.7 Å². The van der Waals surface area contributed by atoms with Crippen molar-refractivity contribution in [1.82, 2.24) is 14.7 Å². The number of hydrogen-bond acceptors (Lipinski definition) is 4. The summed E-state index contributed by atoms with van der Waals surface area (Å²) in [7, 11) is 0. The summed E-state index contributed by atoms with van der Waals surface area (Å²) < 4.78 is 15.5. The highest BCUT2D eigenvalue weighted by Crippen LogP contribution is 2.20. The fraction of sp³-hybridized carbons (Fsp3) is 0.312. The maximum Gasteiger partial charge on any atom is 0.194 e. The molecular weight excluding hydrogens is 301 g/mol. The molecule has 116 valence electrons. The second-order valence-corrected chi connectivity index (χ2v) is 6.54. The molecule has 0 atom stereocenters. The molecule has 0 spiro atoms. The molecule has 0 aliphatic carbocycles. The lowest BCUT2D eigenvalue weighted by molar-refractivity contribution is 0.275. The van der Waals surface area contributed by atoms with Crippen molar-refractivity contribution in [2.75, 3.05) is 0 Å². The average Bonchev–Trinajstić information content (AvgIpc) is 2.97. The van der Waals surface area contributed by atoms with Crippen LogP contribution in [0, 0.1) is 19.7 Å². The van der Waals surface area contributed by atoms with Gasteiger partial charge in [-0.2, -0.15) is 0 Å². The number of thiazole rings is 1. The van der Waals surface area contributed by atoms with Crippen LogP contribution in [0.15, 0.2) is 24.4 Å². The molecule has 2 N–H and O–H groups in total. The second-order valence-electron chi connectivity index (χ2n) is 5.33. The number of halogens is 1. The number of benzene rings is 1. The van der Waals surface area contributed by atoms with Crippen LogP contribution in [0.3, 0.4) is 0 Å². The Morgan fingerprint density at radius 3 is 2.91 bits per heavy atom. The van der Waals surface area contributed by atoms with Crippen LogP contribution in [-0.4, -0.2) is 14.5 Å². The summed E-state index contributed by atoms with van der Waals surface area (Å²) >= 11 is 1.68. The van der Waals surface area contributed by atoms with E-state index in [4.69, 9.17) is 5.11 Å². The zero-order chi connectivity index (χ0) is 15.7.